The zero-order chi connectivity index (χ0) is 12.5. The van der Waals surface area contributed by atoms with Gasteiger partial charge in [-0.3, -0.25) is 9.59 Å². The molecule has 2 aromatic heterocycles. The molecule has 7 heteroatoms. The summed E-state index contributed by atoms with van der Waals surface area (Å²) in [6.07, 6.45) is 4.59. The van der Waals surface area contributed by atoms with Gasteiger partial charge < -0.3 is 14.5 Å². The van der Waals surface area contributed by atoms with Crippen LogP contribution in [0, 0.1) is 0 Å². The zero-order valence-corrected chi connectivity index (χ0v) is 9.54. The lowest BCUT2D eigenvalue weighted by Crippen LogP contribution is -2.40. The van der Waals surface area contributed by atoms with E-state index in [0.29, 0.717) is 19.6 Å². The van der Waals surface area contributed by atoms with E-state index < -0.39 is 0 Å². The van der Waals surface area contributed by atoms with E-state index in [1.807, 2.05) is 4.57 Å². The van der Waals surface area contributed by atoms with Crippen molar-refractivity contribution in [2.45, 2.75) is 13.1 Å². The maximum atomic E-state index is 12.2. The molecule has 0 radical (unpaired) electrons. The van der Waals surface area contributed by atoms with Crippen LogP contribution >= 0.6 is 0 Å². The average molecular weight is 245 g/mol. The van der Waals surface area contributed by atoms with Gasteiger partial charge in [0.15, 0.2) is 11.3 Å². The summed E-state index contributed by atoms with van der Waals surface area (Å²) in [6.45, 7) is 1.59. The number of hydrogen-bond acceptors (Lipinski definition) is 4. The van der Waals surface area contributed by atoms with Gasteiger partial charge in [-0.15, -0.1) is 10.2 Å². The van der Waals surface area contributed by atoms with Crippen LogP contribution in [0.1, 0.15) is 16.2 Å². The van der Waals surface area contributed by atoms with Crippen LogP contribution in [0.25, 0.3) is 0 Å². The highest BCUT2D eigenvalue weighted by atomic mass is 16.2. The lowest BCUT2D eigenvalue weighted by atomic mass is 10.2. The Kier molecular flexibility index (Phi) is 2.44. The molecule has 0 aliphatic carbocycles. The second-order valence-electron chi connectivity index (χ2n) is 4.09. The quantitative estimate of drug-likeness (QED) is 0.742. The molecule has 1 aliphatic heterocycles. The Balaban J connectivity index is 1.87. The van der Waals surface area contributed by atoms with Gasteiger partial charge >= 0.3 is 0 Å². The summed E-state index contributed by atoms with van der Waals surface area (Å²) >= 11 is 0. The zero-order valence-electron chi connectivity index (χ0n) is 9.54. The number of nitrogens with zero attached hydrogens (tertiary/aromatic N) is 4. The lowest BCUT2D eigenvalue weighted by Gasteiger charge is -2.26. The van der Waals surface area contributed by atoms with Crippen LogP contribution < -0.4 is 5.43 Å². The molecule has 1 N–H and O–H groups in total. The van der Waals surface area contributed by atoms with Gasteiger partial charge in [-0.05, 0) is 0 Å². The molecule has 3 rings (SSSR count). The van der Waals surface area contributed by atoms with E-state index in [1.165, 1.54) is 18.5 Å². The number of carbonyl (C=O) groups excluding carboxylic acids is 1. The fourth-order valence-electron chi connectivity index (χ4n) is 1.99. The second kappa shape index (κ2) is 4.10. The number of aromatic nitrogens is 4. The fourth-order valence-corrected chi connectivity index (χ4v) is 1.99. The van der Waals surface area contributed by atoms with Gasteiger partial charge in [0.2, 0.25) is 0 Å². The first-order valence-electron chi connectivity index (χ1n) is 5.59. The Morgan fingerprint density at radius 3 is 3.11 bits per heavy atom. The summed E-state index contributed by atoms with van der Waals surface area (Å²) in [4.78, 5) is 28.2. The molecule has 0 atom stereocenters. The van der Waals surface area contributed by atoms with Crippen LogP contribution in [0.15, 0.2) is 29.6 Å². The summed E-state index contributed by atoms with van der Waals surface area (Å²) in [7, 11) is 0. The van der Waals surface area contributed by atoms with Gasteiger partial charge in [0.25, 0.3) is 5.91 Å². The Bertz CT molecular complexity index is 645. The Hall–Kier alpha value is -2.44. The molecule has 1 amide bonds. The average Bonchev–Trinajstić information content (AvgIpc) is 2.85. The number of H-pyrrole nitrogens is 1. The maximum absolute atomic E-state index is 12.2. The number of pyridine rings is 1. The molecular weight excluding hydrogens is 234 g/mol. The van der Waals surface area contributed by atoms with Crippen molar-refractivity contribution in [2.75, 3.05) is 6.54 Å². The summed E-state index contributed by atoms with van der Waals surface area (Å²) < 4.78 is 1.90. The van der Waals surface area contributed by atoms with Crippen molar-refractivity contribution >= 4 is 5.91 Å². The van der Waals surface area contributed by atoms with Gasteiger partial charge in [0, 0.05) is 31.5 Å². The smallest absolute Gasteiger partial charge is 0.259 e. The summed E-state index contributed by atoms with van der Waals surface area (Å²) in [5.74, 6) is 0.466. The van der Waals surface area contributed by atoms with E-state index in [9.17, 15) is 9.59 Å². The van der Waals surface area contributed by atoms with Gasteiger partial charge in [0.1, 0.15) is 11.9 Å². The van der Waals surface area contributed by atoms with Crippen molar-refractivity contribution in [3.63, 3.8) is 0 Å². The second-order valence-corrected chi connectivity index (χ2v) is 4.09. The first kappa shape index (κ1) is 10.7. The van der Waals surface area contributed by atoms with E-state index in [0.717, 1.165) is 5.82 Å². The summed E-state index contributed by atoms with van der Waals surface area (Å²) in [5, 5.41) is 7.73. The third-order valence-corrected chi connectivity index (χ3v) is 2.98. The first-order valence-corrected chi connectivity index (χ1v) is 5.59. The molecule has 3 heterocycles. The minimum atomic E-state index is -0.272. The summed E-state index contributed by atoms with van der Waals surface area (Å²) in [6, 6.07) is 1.35. The Morgan fingerprint density at radius 1 is 1.39 bits per heavy atom. The Morgan fingerprint density at radius 2 is 2.28 bits per heavy atom. The van der Waals surface area contributed by atoms with Gasteiger partial charge in [-0.1, -0.05) is 0 Å². The van der Waals surface area contributed by atoms with Crippen molar-refractivity contribution < 1.29 is 4.79 Å². The highest BCUT2D eigenvalue weighted by Crippen LogP contribution is 2.11. The van der Waals surface area contributed by atoms with E-state index in [1.54, 1.807) is 11.2 Å². The number of carbonyl (C=O) groups is 1. The van der Waals surface area contributed by atoms with Crippen LogP contribution in [0.3, 0.4) is 0 Å². The van der Waals surface area contributed by atoms with Crippen LogP contribution in [0.4, 0.5) is 0 Å². The number of rotatable bonds is 1. The van der Waals surface area contributed by atoms with Crippen LogP contribution in [0.2, 0.25) is 0 Å². The summed E-state index contributed by atoms with van der Waals surface area (Å²) in [5.41, 5.74) is -0.115. The fraction of sp³-hybridized carbons (Fsp3) is 0.273. The molecule has 0 saturated carbocycles. The molecule has 1 aliphatic rings. The minimum Gasteiger partial charge on any atom is -0.367 e. The maximum Gasteiger partial charge on any atom is 0.259 e. The minimum absolute atomic E-state index is 0.158. The molecule has 0 spiro atoms. The van der Waals surface area contributed by atoms with E-state index >= 15 is 0 Å². The molecule has 92 valence electrons. The van der Waals surface area contributed by atoms with Crippen LogP contribution in [0.5, 0.6) is 0 Å². The van der Waals surface area contributed by atoms with Crippen LogP contribution in [-0.2, 0) is 13.1 Å². The Labute approximate surface area is 102 Å². The van der Waals surface area contributed by atoms with Crippen LogP contribution in [-0.4, -0.2) is 37.1 Å². The third kappa shape index (κ3) is 1.69. The molecule has 18 heavy (non-hydrogen) atoms. The van der Waals surface area contributed by atoms with E-state index in [-0.39, 0.29) is 16.9 Å². The number of amides is 1. The predicted octanol–water partition coefficient (Wildman–Crippen LogP) is -0.378. The molecule has 0 unspecified atom stereocenters. The molecule has 2 aromatic rings. The third-order valence-electron chi connectivity index (χ3n) is 2.98. The molecular formula is C11H11N5O2. The number of hydrogen-bond donors (Lipinski definition) is 1. The largest absolute Gasteiger partial charge is 0.367 e. The monoisotopic (exact) mass is 245 g/mol. The van der Waals surface area contributed by atoms with Crippen molar-refractivity contribution in [3.05, 3.63) is 46.4 Å². The van der Waals surface area contributed by atoms with Gasteiger partial charge in [0.05, 0.1) is 6.54 Å². The molecule has 0 bridgehead atoms. The predicted molar refractivity (Wildman–Crippen MR) is 61.8 cm³/mol. The van der Waals surface area contributed by atoms with Crippen molar-refractivity contribution in [3.8, 4) is 0 Å². The van der Waals surface area contributed by atoms with Crippen molar-refractivity contribution in [2.24, 2.45) is 0 Å². The standard InChI is InChI=1S/C11H11N5O2/c17-9-1-2-12-5-8(9)11(18)15-3-4-16-7-13-14-10(16)6-15/h1-2,5,7H,3-4,6H2,(H,12,17). The van der Waals surface area contributed by atoms with E-state index in [2.05, 4.69) is 15.2 Å². The van der Waals surface area contributed by atoms with Gasteiger partial charge in [-0.25, -0.2) is 0 Å². The van der Waals surface area contributed by atoms with Crippen molar-refractivity contribution in [1.29, 1.82) is 0 Å². The van der Waals surface area contributed by atoms with Crippen molar-refractivity contribution in [1.82, 2.24) is 24.6 Å². The molecule has 0 saturated heterocycles. The van der Waals surface area contributed by atoms with E-state index in [4.69, 9.17) is 0 Å². The molecule has 0 aromatic carbocycles. The molecule has 7 nitrogen and oxygen atoms in total. The SMILES string of the molecule is O=C(c1c[nH]ccc1=O)N1CCn2cnnc2C1. The van der Waals surface area contributed by atoms with Gasteiger partial charge in [-0.2, -0.15) is 0 Å². The molecule has 0 fully saturated rings. The highest BCUT2D eigenvalue weighted by Gasteiger charge is 2.24. The lowest BCUT2D eigenvalue weighted by molar-refractivity contribution is 0.0705. The first-order chi connectivity index (χ1) is 8.75. The number of nitrogens with one attached hydrogen (secondary N) is 1. The number of aromatic amines is 1. The number of fused-ring (bicyclic) bond motifs is 1. The normalized spacial score (nSPS) is 14.3. The highest BCUT2D eigenvalue weighted by molar-refractivity contribution is 5.93. The topological polar surface area (TPSA) is 83.9 Å².